The summed E-state index contributed by atoms with van der Waals surface area (Å²) in [4.78, 5) is 25.4. The Morgan fingerprint density at radius 3 is 2.35 bits per heavy atom. The predicted octanol–water partition coefficient (Wildman–Crippen LogP) is 3.35. The minimum absolute atomic E-state index is 0.0160. The van der Waals surface area contributed by atoms with Gasteiger partial charge in [0, 0.05) is 13.1 Å². The summed E-state index contributed by atoms with van der Waals surface area (Å²) in [6, 6.07) is 9.10. The Kier molecular flexibility index (Phi) is 6.91. The van der Waals surface area contributed by atoms with Crippen molar-refractivity contribution in [2.75, 3.05) is 13.6 Å². The minimum atomic E-state index is -0.524. The first-order valence-electron chi connectivity index (χ1n) is 8.42. The number of carbonyl (C=O) groups excluding carboxylic acids is 2. The van der Waals surface area contributed by atoms with Crippen LogP contribution in [0.5, 0.6) is 5.75 Å². The molecule has 1 fully saturated rings. The largest absolute Gasteiger partial charge is 0.415 e. The van der Waals surface area contributed by atoms with E-state index in [9.17, 15) is 9.59 Å². The normalized spacial score (nSPS) is 16.0. The Bertz CT molecular complexity index is 496. The van der Waals surface area contributed by atoms with Gasteiger partial charge in [0.25, 0.3) is 0 Å². The van der Waals surface area contributed by atoms with Crippen LogP contribution in [0.4, 0.5) is 4.79 Å². The number of para-hydroxylation sites is 1. The Hall–Kier alpha value is -2.04. The molecule has 0 bridgehead atoms. The third kappa shape index (κ3) is 6.30. The molecule has 1 aliphatic rings. The van der Waals surface area contributed by atoms with Gasteiger partial charge in [0.05, 0.1) is 0 Å². The van der Waals surface area contributed by atoms with Crippen LogP contribution in [-0.2, 0) is 4.79 Å². The van der Waals surface area contributed by atoms with Crippen molar-refractivity contribution in [1.82, 2.24) is 10.2 Å². The molecule has 23 heavy (non-hydrogen) atoms. The molecule has 0 aliphatic heterocycles. The first-order valence-corrected chi connectivity index (χ1v) is 8.42. The predicted molar refractivity (Wildman–Crippen MR) is 89.3 cm³/mol. The van der Waals surface area contributed by atoms with Gasteiger partial charge in [-0.05, 0) is 25.0 Å². The van der Waals surface area contributed by atoms with Gasteiger partial charge in [0.15, 0.2) is 0 Å². The van der Waals surface area contributed by atoms with Gasteiger partial charge >= 0.3 is 6.09 Å². The second kappa shape index (κ2) is 9.18. The molecule has 0 spiro atoms. The van der Waals surface area contributed by atoms with E-state index in [1.54, 1.807) is 31.3 Å². The SMILES string of the molecule is CN(CC(=O)NC1CCCCCCC1)C(=O)Oc1ccccc1. The van der Waals surface area contributed by atoms with E-state index in [0.717, 1.165) is 25.7 Å². The Morgan fingerprint density at radius 2 is 1.70 bits per heavy atom. The van der Waals surface area contributed by atoms with E-state index in [0.29, 0.717) is 5.75 Å². The number of hydrogen-bond donors (Lipinski definition) is 1. The molecule has 1 aromatic rings. The Labute approximate surface area is 138 Å². The molecule has 0 atom stereocenters. The van der Waals surface area contributed by atoms with Crippen LogP contribution in [-0.4, -0.2) is 36.5 Å². The number of carbonyl (C=O) groups is 2. The number of ether oxygens (including phenoxy) is 1. The first kappa shape index (κ1) is 17.3. The molecule has 0 radical (unpaired) electrons. The van der Waals surface area contributed by atoms with Crippen LogP contribution < -0.4 is 10.1 Å². The third-order valence-corrected chi connectivity index (χ3v) is 4.11. The van der Waals surface area contributed by atoms with Crippen LogP contribution in [0.2, 0.25) is 0 Å². The fourth-order valence-electron chi connectivity index (χ4n) is 2.82. The van der Waals surface area contributed by atoms with Crippen molar-refractivity contribution in [2.45, 2.75) is 51.0 Å². The van der Waals surface area contributed by atoms with Crippen LogP contribution in [0, 0.1) is 0 Å². The maximum absolute atomic E-state index is 12.1. The summed E-state index contributed by atoms with van der Waals surface area (Å²) < 4.78 is 5.21. The lowest BCUT2D eigenvalue weighted by Crippen LogP contribution is -2.43. The molecule has 0 aromatic heterocycles. The number of benzene rings is 1. The summed E-state index contributed by atoms with van der Waals surface area (Å²) in [7, 11) is 1.57. The molecule has 5 heteroatoms. The average molecular weight is 318 g/mol. The number of nitrogens with one attached hydrogen (secondary N) is 1. The van der Waals surface area contributed by atoms with Gasteiger partial charge in [-0.3, -0.25) is 4.79 Å². The van der Waals surface area contributed by atoms with Gasteiger partial charge in [-0.1, -0.05) is 50.3 Å². The highest BCUT2D eigenvalue weighted by molar-refractivity contribution is 5.82. The van der Waals surface area contributed by atoms with E-state index in [1.165, 1.54) is 24.2 Å². The van der Waals surface area contributed by atoms with Crippen molar-refractivity contribution in [1.29, 1.82) is 0 Å². The lowest BCUT2D eigenvalue weighted by Gasteiger charge is -2.23. The Morgan fingerprint density at radius 1 is 1.09 bits per heavy atom. The van der Waals surface area contributed by atoms with E-state index < -0.39 is 6.09 Å². The summed E-state index contributed by atoms with van der Waals surface area (Å²) in [5, 5.41) is 3.05. The van der Waals surface area contributed by atoms with Gasteiger partial charge in [0.1, 0.15) is 12.3 Å². The lowest BCUT2D eigenvalue weighted by molar-refractivity contribution is -0.122. The summed E-state index contributed by atoms with van der Waals surface area (Å²) >= 11 is 0. The molecule has 0 heterocycles. The highest BCUT2D eigenvalue weighted by atomic mass is 16.6. The highest BCUT2D eigenvalue weighted by Crippen LogP contribution is 2.17. The zero-order valence-electron chi connectivity index (χ0n) is 13.8. The Balaban J connectivity index is 1.75. The van der Waals surface area contributed by atoms with E-state index in [-0.39, 0.29) is 18.5 Å². The topological polar surface area (TPSA) is 58.6 Å². The standard InChI is InChI=1S/C18H26N2O3/c1-20(18(22)23-16-12-8-5-9-13-16)14-17(21)19-15-10-6-3-2-4-7-11-15/h5,8-9,12-13,15H,2-4,6-7,10-11,14H2,1H3,(H,19,21). The molecule has 5 nitrogen and oxygen atoms in total. The summed E-state index contributed by atoms with van der Waals surface area (Å²) in [5.74, 6) is 0.355. The molecule has 1 N–H and O–H groups in total. The van der Waals surface area contributed by atoms with Crippen molar-refractivity contribution in [3.05, 3.63) is 30.3 Å². The number of nitrogens with zero attached hydrogens (tertiary/aromatic N) is 1. The zero-order chi connectivity index (χ0) is 16.5. The van der Waals surface area contributed by atoms with Crippen LogP contribution in [0.3, 0.4) is 0 Å². The number of likely N-dealkylation sites (N-methyl/N-ethyl adjacent to an activating group) is 1. The van der Waals surface area contributed by atoms with Gasteiger partial charge in [-0.2, -0.15) is 0 Å². The molecule has 1 aromatic carbocycles. The second-order valence-electron chi connectivity index (χ2n) is 6.15. The summed E-state index contributed by atoms with van der Waals surface area (Å²) in [6.45, 7) is 0.0160. The maximum atomic E-state index is 12.1. The van der Waals surface area contributed by atoms with Gasteiger partial charge in [0.2, 0.25) is 5.91 Å². The van der Waals surface area contributed by atoms with E-state index in [4.69, 9.17) is 4.74 Å². The van der Waals surface area contributed by atoms with Gasteiger partial charge < -0.3 is 15.0 Å². The quantitative estimate of drug-likeness (QED) is 0.926. The van der Waals surface area contributed by atoms with Gasteiger partial charge in [-0.25, -0.2) is 4.79 Å². The van der Waals surface area contributed by atoms with Crippen LogP contribution in [0.25, 0.3) is 0 Å². The van der Waals surface area contributed by atoms with Crippen molar-refractivity contribution < 1.29 is 14.3 Å². The molecular formula is C18H26N2O3. The van der Waals surface area contributed by atoms with Crippen molar-refractivity contribution in [2.24, 2.45) is 0 Å². The number of rotatable bonds is 4. The molecule has 0 unspecified atom stereocenters. The second-order valence-corrected chi connectivity index (χ2v) is 6.15. The van der Waals surface area contributed by atoms with Crippen LogP contribution in [0.15, 0.2) is 30.3 Å². The van der Waals surface area contributed by atoms with Crippen LogP contribution >= 0.6 is 0 Å². The fourth-order valence-corrected chi connectivity index (χ4v) is 2.82. The van der Waals surface area contributed by atoms with E-state index in [1.807, 2.05) is 6.07 Å². The first-order chi connectivity index (χ1) is 11.1. The maximum Gasteiger partial charge on any atom is 0.415 e. The summed E-state index contributed by atoms with van der Waals surface area (Å²) in [6.07, 6.45) is 7.66. The molecular weight excluding hydrogens is 292 g/mol. The third-order valence-electron chi connectivity index (χ3n) is 4.11. The average Bonchev–Trinajstić information content (AvgIpc) is 2.50. The van der Waals surface area contributed by atoms with E-state index in [2.05, 4.69) is 5.32 Å². The smallest absolute Gasteiger partial charge is 0.410 e. The fraction of sp³-hybridized carbons (Fsp3) is 0.556. The van der Waals surface area contributed by atoms with Crippen molar-refractivity contribution >= 4 is 12.0 Å². The highest BCUT2D eigenvalue weighted by Gasteiger charge is 2.18. The molecule has 2 rings (SSSR count). The van der Waals surface area contributed by atoms with Gasteiger partial charge in [-0.15, -0.1) is 0 Å². The van der Waals surface area contributed by atoms with Crippen LogP contribution in [0.1, 0.15) is 44.9 Å². The van der Waals surface area contributed by atoms with E-state index >= 15 is 0 Å². The molecule has 1 aliphatic carbocycles. The zero-order valence-corrected chi connectivity index (χ0v) is 13.8. The molecule has 1 saturated carbocycles. The number of hydrogen-bond acceptors (Lipinski definition) is 3. The summed E-state index contributed by atoms with van der Waals surface area (Å²) in [5.41, 5.74) is 0. The van der Waals surface area contributed by atoms with Crippen molar-refractivity contribution in [3.8, 4) is 5.75 Å². The monoisotopic (exact) mass is 318 g/mol. The van der Waals surface area contributed by atoms with Crippen molar-refractivity contribution in [3.63, 3.8) is 0 Å². The number of amides is 2. The molecule has 0 saturated heterocycles. The lowest BCUT2D eigenvalue weighted by atomic mass is 9.97. The minimum Gasteiger partial charge on any atom is -0.410 e. The molecule has 126 valence electrons. The molecule has 2 amide bonds.